The molecule has 0 fully saturated rings. The Hall–Kier alpha value is -1.02. The lowest BCUT2D eigenvalue weighted by molar-refractivity contribution is 0.345. The maximum absolute atomic E-state index is 12.7. The molecule has 0 amide bonds. The summed E-state index contributed by atoms with van der Waals surface area (Å²) in [5, 5.41) is 0. The van der Waals surface area contributed by atoms with Crippen molar-refractivity contribution in [2.24, 2.45) is 0 Å². The highest BCUT2D eigenvalue weighted by atomic mass is 35.5. The highest BCUT2D eigenvalue weighted by Gasteiger charge is 2.10. The summed E-state index contributed by atoms with van der Waals surface area (Å²) in [5.41, 5.74) is 1.91. The van der Waals surface area contributed by atoms with Gasteiger partial charge in [0.15, 0.2) is 0 Å². The second-order valence-corrected chi connectivity index (χ2v) is 3.17. The summed E-state index contributed by atoms with van der Waals surface area (Å²) in [6.45, 7) is 0.458. The smallest absolute Gasteiger partial charge is 0.129 e. The molecule has 0 spiro atoms. The van der Waals surface area contributed by atoms with Crippen LogP contribution in [0.4, 0.5) is 4.39 Å². The number of benzene rings is 1. The largest absolute Gasteiger partial charge is 0.488 e. The third-order valence-corrected chi connectivity index (χ3v) is 2.26. The first kappa shape index (κ1) is 8.57. The van der Waals surface area contributed by atoms with Crippen LogP contribution in [0.5, 0.6) is 5.75 Å². The van der Waals surface area contributed by atoms with Crippen molar-refractivity contribution in [3.63, 3.8) is 0 Å². The van der Waals surface area contributed by atoms with Crippen molar-refractivity contribution in [1.29, 1.82) is 0 Å². The summed E-state index contributed by atoms with van der Waals surface area (Å²) in [6.07, 6.45) is 1.94. The average molecular weight is 199 g/mol. The van der Waals surface area contributed by atoms with Crippen LogP contribution in [0, 0.1) is 5.82 Å². The predicted molar refractivity (Wildman–Crippen MR) is 50.6 cm³/mol. The maximum Gasteiger partial charge on any atom is 0.129 e. The van der Waals surface area contributed by atoms with Crippen molar-refractivity contribution in [1.82, 2.24) is 0 Å². The van der Waals surface area contributed by atoms with Gasteiger partial charge in [0.05, 0.1) is 0 Å². The monoisotopic (exact) mass is 198 g/mol. The van der Waals surface area contributed by atoms with E-state index in [2.05, 4.69) is 0 Å². The SMILES string of the molecule is Fc1ccc2c(c1)OCC(CCl)=C2. The second-order valence-electron chi connectivity index (χ2n) is 2.91. The van der Waals surface area contributed by atoms with E-state index in [0.717, 1.165) is 11.1 Å². The van der Waals surface area contributed by atoms with Gasteiger partial charge >= 0.3 is 0 Å². The Morgan fingerprint density at radius 3 is 3.08 bits per heavy atom. The van der Waals surface area contributed by atoms with Crippen molar-refractivity contribution in [3.8, 4) is 5.75 Å². The zero-order valence-electron chi connectivity index (χ0n) is 6.89. The summed E-state index contributed by atoms with van der Waals surface area (Å²) in [5.74, 6) is 0.770. The van der Waals surface area contributed by atoms with E-state index in [-0.39, 0.29) is 5.82 Å². The van der Waals surface area contributed by atoms with Gasteiger partial charge in [0, 0.05) is 17.5 Å². The summed E-state index contributed by atoms with van der Waals surface area (Å²) in [4.78, 5) is 0. The molecule has 68 valence electrons. The van der Waals surface area contributed by atoms with Crippen molar-refractivity contribution >= 4 is 17.7 Å². The second kappa shape index (κ2) is 3.38. The molecule has 0 aliphatic carbocycles. The molecule has 1 aliphatic rings. The molecular weight excluding hydrogens is 191 g/mol. The zero-order valence-corrected chi connectivity index (χ0v) is 7.64. The van der Waals surface area contributed by atoms with E-state index in [0.29, 0.717) is 18.2 Å². The Morgan fingerprint density at radius 1 is 1.46 bits per heavy atom. The van der Waals surface area contributed by atoms with Crippen LogP contribution >= 0.6 is 11.6 Å². The van der Waals surface area contributed by atoms with Crippen LogP contribution in [0.15, 0.2) is 23.8 Å². The van der Waals surface area contributed by atoms with Gasteiger partial charge in [-0.25, -0.2) is 4.39 Å². The Labute approximate surface area is 80.8 Å². The Morgan fingerprint density at radius 2 is 2.31 bits per heavy atom. The van der Waals surface area contributed by atoms with Gasteiger partial charge < -0.3 is 4.74 Å². The van der Waals surface area contributed by atoms with Gasteiger partial charge in [-0.05, 0) is 23.8 Å². The fraction of sp³-hybridized carbons (Fsp3) is 0.200. The summed E-state index contributed by atoms with van der Waals surface area (Å²) < 4.78 is 18.1. The lowest BCUT2D eigenvalue weighted by Crippen LogP contribution is -2.08. The van der Waals surface area contributed by atoms with Crippen LogP contribution in [0.3, 0.4) is 0 Å². The molecule has 0 unspecified atom stereocenters. The first-order chi connectivity index (χ1) is 6.29. The Kier molecular flexibility index (Phi) is 2.23. The van der Waals surface area contributed by atoms with E-state index in [4.69, 9.17) is 16.3 Å². The highest BCUT2D eigenvalue weighted by molar-refractivity contribution is 6.19. The molecule has 0 saturated heterocycles. The normalized spacial score (nSPS) is 14.5. The molecule has 0 bridgehead atoms. The van der Waals surface area contributed by atoms with Gasteiger partial charge in [-0.2, -0.15) is 0 Å². The molecule has 0 saturated carbocycles. The molecular formula is C10H8ClFO. The molecule has 0 atom stereocenters. The third-order valence-electron chi connectivity index (χ3n) is 1.92. The predicted octanol–water partition coefficient (Wildman–Crippen LogP) is 2.84. The molecule has 1 nitrogen and oxygen atoms in total. The molecule has 13 heavy (non-hydrogen) atoms. The van der Waals surface area contributed by atoms with Crippen LogP contribution in [-0.4, -0.2) is 12.5 Å². The number of rotatable bonds is 1. The van der Waals surface area contributed by atoms with Gasteiger partial charge in [0.1, 0.15) is 18.2 Å². The summed E-state index contributed by atoms with van der Waals surface area (Å²) in [6, 6.07) is 4.49. The van der Waals surface area contributed by atoms with Crippen LogP contribution in [0.2, 0.25) is 0 Å². The average Bonchev–Trinajstić information content (AvgIpc) is 2.17. The molecule has 2 rings (SSSR count). The third kappa shape index (κ3) is 1.68. The van der Waals surface area contributed by atoms with E-state index in [1.165, 1.54) is 12.1 Å². The van der Waals surface area contributed by atoms with Crippen LogP contribution in [0.25, 0.3) is 6.08 Å². The number of halogens is 2. The zero-order chi connectivity index (χ0) is 9.26. The van der Waals surface area contributed by atoms with Crippen LogP contribution in [0.1, 0.15) is 5.56 Å². The molecule has 0 N–H and O–H groups in total. The first-order valence-corrected chi connectivity index (χ1v) is 4.51. The van der Waals surface area contributed by atoms with E-state index in [1.54, 1.807) is 6.07 Å². The minimum Gasteiger partial charge on any atom is -0.488 e. The first-order valence-electron chi connectivity index (χ1n) is 3.97. The van der Waals surface area contributed by atoms with Crippen molar-refractivity contribution < 1.29 is 9.13 Å². The van der Waals surface area contributed by atoms with E-state index in [9.17, 15) is 4.39 Å². The molecule has 1 aromatic rings. The van der Waals surface area contributed by atoms with Crippen LogP contribution in [-0.2, 0) is 0 Å². The van der Waals surface area contributed by atoms with Crippen molar-refractivity contribution in [3.05, 3.63) is 35.2 Å². The fourth-order valence-electron chi connectivity index (χ4n) is 1.26. The minimum atomic E-state index is -0.276. The molecule has 1 aliphatic heterocycles. The topological polar surface area (TPSA) is 9.23 Å². The number of alkyl halides is 1. The van der Waals surface area contributed by atoms with Gasteiger partial charge in [-0.3, -0.25) is 0 Å². The molecule has 0 radical (unpaired) electrons. The molecule has 1 heterocycles. The standard InChI is InChI=1S/C10H8ClFO/c11-5-7-3-8-1-2-9(12)4-10(8)13-6-7/h1-4H,5-6H2. The van der Waals surface area contributed by atoms with E-state index >= 15 is 0 Å². The molecule has 3 heteroatoms. The Bertz CT molecular complexity index is 360. The van der Waals surface area contributed by atoms with Crippen molar-refractivity contribution in [2.75, 3.05) is 12.5 Å². The number of fused-ring (bicyclic) bond motifs is 1. The lowest BCUT2D eigenvalue weighted by atomic mass is 10.1. The lowest BCUT2D eigenvalue weighted by Gasteiger charge is -2.16. The number of ether oxygens (including phenoxy) is 1. The van der Waals surface area contributed by atoms with Crippen LogP contribution < -0.4 is 4.74 Å². The molecule has 0 aromatic heterocycles. The highest BCUT2D eigenvalue weighted by Crippen LogP contribution is 2.27. The van der Waals surface area contributed by atoms with Gasteiger partial charge in [-0.15, -0.1) is 11.6 Å². The summed E-state index contributed by atoms with van der Waals surface area (Å²) >= 11 is 5.66. The van der Waals surface area contributed by atoms with Crippen molar-refractivity contribution in [2.45, 2.75) is 0 Å². The van der Waals surface area contributed by atoms with E-state index in [1.807, 2.05) is 6.08 Å². The summed E-state index contributed by atoms with van der Waals surface area (Å²) in [7, 11) is 0. The molecule has 1 aromatic carbocycles. The maximum atomic E-state index is 12.7. The van der Waals surface area contributed by atoms with Gasteiger partial charge in [0.2, 0.25) is 0 Å². The van der Waals surface area contributed by atoms with E-state index < -0.39 is 0 Å². The van der Waals surface area contributed by atoms with Gasteiger partial charge in [0.25, 0.3) is 0 Å². The minimum absolute atomic E-state index is 0.276. The quantitative estimate of drug-likeness (QED) is 0.631. The Balaban J connectivity index is 2.42. The van der Waals surface area contributed by atoms with Gasteiger partial charge in [-0.1, -0.05) is 0 Å². The fourth-order valence-corrected chi connectivity index (χ4v) is 1.42. The number of hydrogen-bond acceptors (Lipinski definition) is 1. The number of hydrogen-bond donors (Lipinski definition) is 0.